The number of amides is 1. The Morgan fingerprint density at radius 2 is 1.88 bits per heavy atom. The number of nitrogens with zero attached hydrogens (tertiary/aromatic N) is 2. The van der Waals surface area contributed by atoms with E-state index >= 15 is 0 Å². The van der Waals surface area contributed by atoms with Gasteiger partial charge in [0.1, 0.15) is 0 Å². The summed E-state index contributed by atoms with van der Waals surface area (Å²) in [7, 11) is 0. The summed E-state index contributed by atoms with van der Waals surface area (Å²) in [5.41, 5.74) is 4.87. The lowest BCUT2D eigenvalue weighted by molar-refractivity contribution is -0.115. The Kier molecular flexibility index (Phi) is 5.93. The van der Waals surface area contributed by atoms with Gasteiger partial charge >= 0.3 is 0 Å². The van der Waals surface area contributed by atoms with E-state index in [4.69, 9.17) is 0 Å². The lowest BCUT2D eigenvalue weighted by Crippen LogP contribution is -2.26. The van der Waals surface area contributed by atoms with Crippen molar-refractivity contribution in [3.63, 3.8) is 0 Å². The van der Waals surface area contributed by atoms with Crippen LogP contribution in [0, 0.1) is 0 Å². The lowest BCUT2D eigenvalue weighted by atomic mass is 10.0. The van der Waals surface area contributed by atoms with Gasteiger partial charge in [-0.1, -0.05) is 50.7 Å². The molecule has 1 atom stereocenters. The SMILES string of the molecule is CCc1cccc(CC)c1NC(=O)[C@@H](CC)Sc1nc2ncccc2[nH]1. The van der Waals surface area contributed by atoms with Crippen molar-refractivity contribution in [1.29, 1.82) is 0 Å². The summed E-state index contributed by atoms with van der Waals surface area (Å²) in [6, 6.07) is 10.0. The van der Waals surface area contributed by atoms with E-state index in [2.05, 4.69) is 52.3 Å². The summed E-state index contributed by atoms with van der Waals surface area (Å²) in [4.78, 5) is 24.9. The average Bonchev–Trinajstić information content (AvgIpc) is 3.08. The van der Waals surface area contributed by atoms with Gasteiger partial charge in [0, 0.05) is 11.9 Å². The van der Waals surface area contributed by atoms with Crippen molar-refractivity contribution in [3.05, 3.63) is 47.7 Å². The monoisotopic (exact) mass is 368 g/mol. The molecule has 0 saturated heterocycles. The zero-order chi connectivity index (χ0) is 18.5. The topological polar surface area (TPSA) is 70.7 Å². The highest BCUT2D eigenvalue weighted by atomic mass is 32.2. The smallest absolute Gasteiger partial charge is 0.237 e. The maximum atomic E-state index is 12.9. The highest BCUT2D eigenvalue weighted by Gasteiger charge is 2.21. The van der Waals surface area contributed by atoms with E-state index in [1.807, 2.05) is 19.1 Å². The fraction of sp³-hybridized carbons (Fsp3) is 0.350. The molecule has 0 spiro atoms. The maximum Gasteiger partial charge on any atom is 0.237 e. The van der Waals surface area contributed by atoms with Gasteiger partial charge < -0.3 is 10.3 Å². The molecule has 0 unspecified atom stereocenters. The number of para-hydroxylation sites is 1. The number of aryl methyl sites for hydroxylation is 2. The second-order valence-corrected chi connectivity index (χ2v) is 7.27. The highest BCUT2D eigenvalue weighted by Crippen LogP contribution is 2.28. The molecule has 1 aromatic carbocycles. The molecule has 6 heteroatoms. The molecule has 0 aliphatic rings. The number of hydrogen-bond donors (Lipinski definition) is 2. The predicted octanol–water partition coefficient (Wildman–Crippen LogP) is 4.59. The Balaban J connectivity index is 1.79. The number of pyridine rings is 1. The third kappa shape index (κ3) is 3.90. The van der Waals surface area contributed by atoms with E-state index in [1.165, 1.54) is 22.9 Å². The fourth-order valence-electron chi connectivity index (χ4n) is 2.94. The van der Waals surface area contributed by atoms with Crippen LogP contribution in [-0.2, 0) is 17.6 Å². The summed E-state index contributed by atoms with van der Waals surface area (Å²) in [5.74, 6) is 0.0153. The molecule has 3 rings (SSSR count). The Labute approximate surface area is 158 Å². The first-order valence-corrected chi connectivity index (χ1v) is 9.93. The first-order chi connectivity index (χ1) is 12.7. The number of aromatic amines is 1. The number of anilines is 1. The summed E-state index contributed by atoms with van der Waals surface area (Å²) >= 11 is 1.45. The summed E-state index contributed by atoms with van der Waals surface area (Å²) in [5, 5.41) is 3.67. The molecule has 0 aliphatic carbocycles. The molecule has 0 fully saturated rings. The number of thioether (sulfide) groups is 1. The first kappa shape index (κ1) is 18.5. The Bertz CT molecular complexity index is 850. The molecule has 0 aliphatic heterocycles. The highest BCUT2D eigenvalue weighted by molar-refractivity contribution is 8.00. The minimum absolute atomic E-state index is 0.0153. The second kappa shape index (κ2) is 8.36. The van der Waals surface area contributed by atoms with Gasteiger partial charge in [-0.2, -0.15) is 0 Å². The van der Waals surface area contributed by atoms with Gasteiger partial charge in [-0.05, 0) is 42.5 Å². The van der Waals surface area contributed by atoms with Crippen molar-refractivity contribution in [3.8, 4) is 0 Å². The molecular formula is C20H24N4OS. The number of benzene rings is 1. The van der Waals surface area contributed by atoms with Crippen molar-refractivity contribution in [2.24, 2.45) is 0 Å². The van der Waals surface area contributed by atoms with Gasteiger partial charge in [-0.25, -0.2) is 9.97 Å². The van der Waals surface area contributed by atoms with Crippen molar-refractivity contribution in [1.82, 2.24) is 15.0 Å². The molecule has 2 N–H and O–H groups in total. The number of H-pyrrole nitrogens is 1. The minimum Gasteiger partial charge on any atom is -0.332 e. The number of fused-ring (bicyclic) bond motifs is 1. The van der Waals surface area contributed by atoms with Gasteiger partial charge in [0.2, 0.25) is 5.91 Å². The van der Waals surface area contributed by atoms with E-state index in [0.29, 0.717) is 5.65 Å². The molecule has 3 aromatic rings. The van der Waals surface area contributed by atoms with E-state index in [0.717, 1.165) is 35.6 Å². The predicted molar refractivity (Wildman–Crippen MR) is 108 cm³/mol. The van der Waals surface area contributed by atoms with Crippen LogP contribution in [-0.4, -0.2) is 26.1 Å². The molecule has 0 radical (unpaired) electrons. The number of rotatable bonds is 7. The Morgan fingerprint density at radius 1 is 1.15 bits per heavy atom. The molecule has 0 bridgehead atoms. The normalized spacial score (nSPS) is 12.3. The van der Waals surface area contributed by atoms with Gasteiger partial charge in [0.15, 0.2) is 10.8 Å². The van der Waals surface area contributed by atoms with Crippen LogP contribution in [0.4, 0.5) is 5.69 Å². The van der Waals surface area contributed by atoms with E-state index in [1.54, 1.807) is 6.20 Å². The zero-order valence-corrected chi connectivity index (χ0v) is 16.2. The first-order valence-electron chi connectivity index (χ1n) is 9.05. The average molecular weight is 369 g/mol. The van der Waals surface area contributed by atoms with Gasteiger partial charge in [0.05, 0.1) is 10.8 Å². The number of nitrogens with one attached hydrogen (secondary N) is 2. The molecule has 2 heterocycles. The van der Waals surface area contributed by atoms with E-state index in [-0.39, 0.29) is 11.2 Å². The second-order valence-electron chi connectivity index (χ2n) is 6.08. The van der Waals surface area contributed by atoms with Crippen LogP contribution < -0.4 is 5.32 Å². The largest absolute Gasteiger partial charge is 0.332 e. The fourth-order valence-corrected chi connectivity index (χ4v) is 3.85. The van der Waals surface area contributed by atoms with Gasteiger partial charge in [-0.15, -0.1) is 0 Å². The van der Waals surface area contributed by atoms with Crippen LogP contribution in [0.1, 0.15) is 38.3 Å². The standard InChI is InChI=1S/C20H24N4OS/c1-4-13-9-7-10-14(5-2)17(13)23-19(25)16(6-3)26-20-22-15-11-8-12-21-18(15)24-20/h7-12,16H,4-6H2,1-3H3,(H,23,25)(H,21,22,24)/t16-/m1/s1. The van der Waals surface area contributed by atoms with Crippen molar-refractivity contribution in [2.75, 3.05) is 5.32 Å². The van der Waals surface area contributed by atoms with E-state index in [9.17, 15) is 4.79 Å². The number of carbonyl (C=O) groups is 1. The van der Waals surface area contributed by atoms with Crippen LogP contribution in [0.25, 0.3) is 11.2 Å². The number of imidazole rings is 1. The third-order valence-electron chi connectivity index (χ3n) is 4.40. The molecule has 26 heavy (non-hydrogen) atoms. The van der Waals surface area contributed by atoms with Crippen molar-refractivity contribution in [2.45, 2.75) is 50.4 Å². The summed E-state index contributed by atoms with van der Waals surface area (Å²) < 4.78 is 0. The minimum atomic E-state index is -0.217. The number of hydrogen-bond acceptors (Lipinski definition) is 4. The summed E-state index contributed by atoms with van der Waals surface area (Å²) in [6.45, 7) is 6.24. The Hall–Kier alpha value is -2.34. The van der Waals surface area contributed by atoms with Crippen LogP contribution in [0.2, 0.25) is 0 Å². The zero-order valence-electron chi connectivity index (χ0n) is 15.4. The molecule has 2 aromatic heterocycles. The van der Waals surface area contributed by atoms with E-state index < -0.39 is 0 Å². The maximum absolute atomic E-state index is 12.9. The van der Waals surface area contributed by atoms with Crippen LogP contribution in [0.15, 0.2) is 41.7 Å². The van der Waals surface area contributed by atoms with Crippen molar-refractivity contribution < 1.29 is 4.79 Å². The Morgan fingerprint density at radius 3 is 2.50 bits per heavy atom. The van der Waals surface area contributed by atoms with Crippen LogP contribution >= 0.6 is 11.8 Å². The van der Waals surface area contributed by atoms with Gasteiger partial charge in [0.25, 0.3) is 0 Å². The number of carbonyl (C=O) groups excluding carboxylic acids is 1. The molecule has 1 amide bonds. The third-order valence-corrected chi connectivity index (χ3v) is 5.65. The van der Waals surface area contributed by atoms with Crippen LogP contribution in [0.3, 0.4) is 0 Å². The molecule has 0 saturated carbocycles. The van der Waals surface area contributed by atoms with Crippen LogP contribution in [0.5, 0.6) is 0 Å². The lowest BCUT2D eigenvalue weighted by Gasteiger charge is -2.18. The van der Waals surface area contributed by atoms with Crippen molar-refractivity contribution >= 4 is 34.5 Å². The van der Waals surface area contributed by atoms with Gasteiger partial charge in [-0.3, -0.25) is 4.79 Å². The molecular weight excluding hydrogens is 344 g/mol. The molecule has 5 nitrogen and oxygen atoms in total. The summed E-state index contributed by atoms with van der Waals surface area (Å²) in [6.07, 6.45) is 4.22. The number of aromatic nitrogens is 3. The quantitative estimate of drug-likeness (QED) is 0.598. The molecule has 136 valence electrons.